The van der Waals surface area contributed by atoms with E-state index in [-0.39, 0.29) is 18.1 Å². The minimum atomic E-state index is -0.232. The van der Waals surface area contributed by atoms with Crippen LogP contribution in [-0.4, -0.2) is 63.4 Å². The predicted octanol–water partition coefficient (Wildman–Crippen LogP) is 1.85. The standard InChI is InChI=1S/C20H24N8O2/c1-11-6-13(28-4-5-30-20(28)29)10-27(9-11)17-8-15(23-19(22)24-17)12-2-3-14-16(7-12)25-26-18(14)21/h2-3,7-8,11,13H,4-6,9-10H2,1H3,(H3,21,25,26)(H2,22,23,24)/t11-,13-/m1/s1. The number of cyclic esters (lactones) is 1. The molecule has 5 rings (SSSR count). The molecule has 0 bridgehead atoms. The summed E-state index contributed by atoms with van der Waals surface area (Å²) in [5.74, 6) is 1.84. The van der Waals surface area contributed by atoms with Gasteiger partial charge in [-0.3, -0.25) is 5.10 Å². The van der Waals surface area contributed by atoms with Crippen molar-refractivity contribution in [2.45, 2.75) is 19.4 Å². The number of amides is 1. The first-order chi connectivity index (χ1) is 14.5. The molecule has 156 valence electrons. The molecular weight excluding hydrogens is 384 g/mol. The molecule has 2 fully saturated rings. The van der Waals surface area contributed by atoms with E-state index in [1.807, 2.05) is 29.2 Å². The number of rotatable bonds is 3. The Balaban J connectivity index is 1.46. The quantitative estimate of drug-likeness (QED) is 0.597. The second-order valence-corrected chi connectivity index (χ2v) is 8.05. The number of H-pyrrole nitrogens is 1. The number of carbonyl (C=O) groups is 1. The lowest BCUT2D eigenvalue weighted by Gasteiger charge is -2.40. The van der Waals surface area contributed by atoms with Crippen molar-refractivity contribution in [1.29, 1.82) is 0 Å². The van der Waals surface area contributed by atoms with E-state index in [0.29, 0.717) is 31.4 Å². The normalized spacial score (nSPS) is 22.0. The number of nitrogens with zero attached hydrogens (tertiary/aromatic N) is 5. The molecule has 0 unspecified atom stereocenters. The Labute approximate surface area is 173 Å². The van der Waals surface area contributed by atoms with Crippen molar-refractivity contribution in [3.63, 3.8) is 0 Å². The molecule has 2 aliphatic heterocycles. The Kier molecular flexibility index (Phi) is 4.34. The van der Waals surface area contributed by atoms with Gasteiger partial charge in [-0.2, -0.15) is 10.1 Å². The van der Waals surface area contributed by atoms with Gasteiger partial charge in [0.2, 0.25) is 5.95 Å². The highest BCUT2D eigenvalue weighted by molar-refractivity contribution is 5.91. The molecule has 0 radical (unpaired) electrons. The topological polar surface area (TPSA) is 139 Å². The first kappa shape index (κ1) is 18.5. The number of benzene rings is 1. The van der Waals surface area contributed by atoms with Crippen LogP contribution in [0.3, 0.4) is 0 Å². The van der Waals surface area contributed by atoms with Crippen molar-refractivity contribution in [2.75, 3.05) is 42.6 Å². The summed E-state index contributed by atoms with van der Waals surface area (Å²) in [6, 6.07) is 7.84. The van der Waals surface area contributed by atoms with Gasteiger partial charge in [0, 0.05) is 30.1 Å². The second kappa shape index (κ2) is 7.05. The summed E-state index contributed by atoms with van der Waals surface area (Å²) in [4.78, 5) is 25.0. The van der Waals surface area contributed by atoms with Crippen LogP contribution in [0.15, 0.2) is 24.3 Å². The molecule has 2 aromatic heterocycles. The minimum Gasteiger partial charge on any atom is -0.448 e. The minimum absolute atomic E-state index is 0.0905. The number of piperidine rings is 1. The van der Waals surface area contributed by atoms with Gasteiger partial charge in [0.1, 0.15) is 12.4 Å². The molecule has 10 heteroatoms. The second-order valence-electron chi connectivity index (χ2n) is 8.05. The van der Waals surface area contributed by atoms with E-state index in [1.54, 1.807) is 0 Å². The first-order valence-electron chi connectivity index (χ1n) is 10.0. The third-order valence-electron chi connectivity index (χ3n) is 5.81. The van der Waals surface area contributed by atoms with Gasteiger partial charge in [0.05, 0.1) is 23.8 Å². The molecule has 2 saturated heterocycles. The Morgan fingerprint density at radius 3 is 2.87 bits per heavy atom. The molecular formula is C20H24N8O2. The summed E-state index contributed by atoms with van der Waals surface area (Å²) in [6.45, 7) is 4.79. The largest absolute Gasteiger partial charge is 0.448 e. The zero-order valence-corrected chi connectivity index (χ0v) is 16.7. The van der Waals surface area contributed by atoms with E-state index in [1.165, 1.54) is 0 Å². The zero-order valence-electron chi connectivity index (χ0n) is 16.7. The summed E-state index contributed by atoms with van der Waals surface area (Å²) in [7, 11) is 0. The smallest absolute Gasteiger partial charge is 0.410 e. The van der Waals surface area contributed by atoms with Crippen molar-refractivity contribution >= 4 is 34.6 Å². The van der Waals surface area contributed by atoms with Crippen LogP contribution >= 0.6 is 0 Å². The van der Waals surface area contributed by atoms with E-state index in [4.69, 9.17) is 16.2 Å². The monoisotopic (exact) mass is 408 g/mol. The van der Waals surface area contributed by atoms with Gasteiger partial charge in [-0.1, -0.05) is 13.0 Å². The van der Waals surface area contributed by atoms with Gasteiger partial charge < -0.3 is 26.0 Å². The number of carbonyl (C=O) groups excluding carboxylic acids is 1. The van der Waals surface area contributed by atoms with Crippen LogP contribution in [0.5, 0.6) is 0 Å². The maximum atomic E-state index is 12.0. The van der Waals surface area contributed by atoms with E-state index >= 15 is 0 Å². The molecule has 2 aliphatic rings. The van der Waals surface area contributed by atoms with E-state index in [2.05, 4.69) is 32.0 Å². The van der Waals surface area contributed by atoms with E-state index in [9.17, 15) is 4.79 Å². The molecule has 3 aromatic rings. The molecule has 1 amide bonds. The molecule has 2 atom stereocenters. The number of ether oxygens (including phenoxy) is 1. The lowest BCUT2D eigenvalue weighted by atomic mass is 9.95. The fraction of sp³-hybridized carbons (Fsp3) is 0.400. The van der Waals surface area contributed by atoms with Crippen molar-refractivity contribution in [3.05, 3.63) is 24.3 Å². The molecule has 0 saturated carbocycles. The average molecular weight is 408 g/mol. The number of nitrogens with two attached hydrogens (primary N) is 2. The average Bonchev–Trinajstić information content (AvgIpc) is 3.32. The van der Waals surface area contributed by atoms with Gasteiger partial charge in [0.25, 0.3) is 0 Å². The fourth-order valence-electron chi connectivity index (χ4n) is 4.43. The van der Waals surface area contributed by atoms with Gasteiger partial charge in [-0.05, 0) is 24.5 Å². The number of aromatic amines is 1. The molecule has 5 N–H and O–H groups in total. The number of fused-ring (bicyclic) bond motifs is 1. The Bertz CT molecular complexity index is 1110. The molecule has 30 heavy (non-hydrogen) atoms. The van der Waals surface area contributed by atoms with Crippen LogP contribution in [0.1, 0.15) is 13.3 Å². The summed E-state index contributed by atoms with van der Waals surface area (Å²) < 4.78 is 5.13. The van der Waals surface area contributed by atoms with Crippen LogP contribution < -0.4 is 16.4 Å². The van der Waals surface area contributed by atoms with Gasteiger partial charge in [-0.15, -0.1) is 0 Å². The van der Waals surface area contributed by atoms with Crippen molar-refractivity contribution in [1.82, 2.24) is 25.1 Å². The van der Waals surface area contributed by atoms with Crippen LogP contribution in [0.25, 0.3) is 22.2 Å². The number of aromatic nitrogens is 4. The molecule has 10 nitrogen and oxygen atoms in total. The van der Waals surface area contributed by atoms with Gasteiger partial charge >= 0.3 is 6.09 Å². The SMILES string of the molecule is C[C@@H]1C[C@@H](N2CCOC2=O)CN(c2cc(-c3ccc4c(N)n[nH]c4c3)nc(N)n2)C1. The van der Waals surface area contributed by atoms with Crippen molar-refractivity contribution < 1.29 is 9.53 Å². The molecule has 4 heterocycles. The van der Waals surface area contributed by atoms with Crippen molar-refractivity contribution in [3.8, 4) is 11.3 Å². The van der Waals surface area contributed by atoms with Gasteiger partial charge in [-0.25, -0.2) is 9.78 Å². The summed E-state index contributed by atoms with van der Waals surface area (Å²) in [6.07, 6.45) is 0.709. The van der Waals surface area contributed by atoms with Crippen LogP contribution in [0, 0.1) is 5.92 Å². The summed E-state index contributed by atoms with van der Waals surface area (Å²) >= 11 is 0. The highest BCUT2D eigenvalue weighted by Crippen LogP contribution is 2.30. The summed E-state index contributed by atoms with van der Waals surface area (Å²) in [5, 5.41) is 7.84. The maximum Gasteiger partial charge on any atom is 0.410 e. The predicted molar refractivity (Wildman–Crippen MR) is 114 cm³/mol. The maximum absolute atomic E-state index is 12.0. The van der Waals surface area contributed by atoms with E-state index < -0.39 is 0 Å². The zero-order chi connectivity index (χ0) is 20.8. The van der Waals surface area contributed by atoms with Crippen LogP contribution in [-0.2, 0) is 4.74 Å². The number of hydrogen-bond acceptors (Lipinski definition) is 8. The van der Waals surface area contributed by atoms with Gasteiger partial charge in [0.15, 0.2) is 5.82 Å². The van der Waals surface area contributed by atoms with Crippen molar-refractivity contribution in [2.24, 2.45) is 5.92 Å². The Morgan fingerprint density at radius 2 is 2.07 bits per heavy atom. The molecule has 1 aromatic carbocycles. The lowest BCUT2D eigenvalue weighted by molar-refractivity contribution is 0.139. The third-order valence-corrected chi connectivity index (χ3v) is 5.81. The highest BCUT2D eigenvalue weighted by atomic mass is 16.6. The Hall–Kier alpha value is -3.56. The fourth-order valence-corrected chi connectivity index (χ4v) is 4.43. The number of anilines is 3. The van der Waals surface area contributed by atoms with Crippen LogP contribution in [0.4, 0.5) is 22.4 Å². The van der Waals surface area contributed by atoms with E-state index in [0.717, 1.165) is 40.9 Å². The molecule has 0 spiro atoms. The first-order valence-corrected chi connectivity index (χ1v) is 10.0. The number of nitrogens with one attached hydrogen (secondary N) is 1. The third kappa shape index (κ3) is 3.23. The highest BCUT2D eigenvalue weighted by Gasteiger charge is 2.35. The van der Waals surface area contributed by atoms with Crippen LogP contribution in [0.2, 0.25) is 0 Å². The number of nitrogen functional groups attached to an aromatic ring is 2. The number of hydrogen-bond donors (Lipinski definition) is 3. The summed E-state index contributed by atoms with van der Waals surface area (Å²) in [5.41, 5.74) is 14.4. The Morgan fingerprint density at radius 1 is 1.20 bits per heavy atom. The lowest BCUT2D eigenvalue weighted by Crippen LogP contribution is -2.51. The molecule has 0 aliphatic carbocycles.